The van der Waals surface area contributed by atoms with Gasteiger partial charge in [-0.1, -0.05) is 36.4 Å². The summed E-state index contributed by atoms with van der Waals surface area (Å²) in [5.41, 5.74) is 4.89. The molecule has 3 rings (SSSR count). The molecule has 0 saturated carbocycles. The van der Waals surface area contributed by atoms with Gasteiger partial charge in [0, 0.05) is 10.9 Å². The van der Waals surface area contributed by atoms with Crippen molar-refractivity contribution in [2.45, 2.75) is 6.10 Å². The van der Waals surface area contributed by atoms with Gasteiger partial charge in [-0.2, -0.15) is 5.26 Å². The minimum absolute atomic E-state index is 0.0913. The van der Waals surface area contributed by atoms with E-state index in [-0.39, 0.29) is 12.7 Å². The molecule has 1 atom stereocenters. The van der Waals surface area contributed by atoms with E-state index < -0.39 is 0 Å². The second-order valence-corrected chi connectivity index (χ2v) is 4.34. The van der Waals surface area contributed by atoms with Gasteiger partial charge >= 0.3 is 0 Å². The van der Waals surface area contributed by atoms with Crippen LogP contribution in [-0.4, -0.2) is 17.8 Å². The Morgan fingerprint density at radius 2 is 2.11 bits per heavy atom. The maximum absolute atomic E-state index is 9.40. The lowest BCUT2D eigenvalue weighted by Crippen LogP contribution is -2.15. The minimum Gasteiger partial charge on any atom is -0.393 e. The maximum Gasteiger partial charge on any atom is 0.129 e. The van der Waals surface area contributed by atoms with Gasteiger partial charge in [0.2, 0.25) is 0 Å². The molecule has 0 saturated heterocycles. The van der Waals surface area contributed by atoms with Crippen LogP contribution < -0.4 is 5.48 Å². The number of fused-ring (bicyclic) bond motifs is 1. The summed E-state index contributed by atoms with van der Waals surface area (Å²) >= 11 is 0. The van der Waals surface area contributed by atoms with Gasteiger partial charge < -0.3 is 5.11 Å². The number of hydroxylamine groups is 1. The van der Waals surface area contributed by atoms with Crippen LogP contribution in [-0.2, 0) is 4.84 Å². The van der Waals surface area contributed by atoms with Crippen molar-refractivity contribution < 1.29 is 9.94 Å². The highest BCUT2D eigenvalue weighted by Crippen LogP contribution is 2.27. The number of hydrogen-bond acceptors (Lipinski definition) is 4. The quantitative estimate of drug-likeness (QED) is 0.857. The molecule has 2 aromatic carbocycles. The molecule has 94 valence electrons. The molecular formula is C15H12N2O2. The highest BCUT2D eigenvalue weighted by atomic mass is 16.7. The molecule has 0 spiro atoms. The van der Waals surface area contributed by atoms with E-state index in [0.717, 1.165) is 22.0 Å². The van der Waals surface area contributed by atoms with Gasteiger partial charge in [0.05, 0.1) is 17.9 Å². The van der Waals surface area contributed by atoms with Gasteiger partial charge in [0.25, 0.3) is 0 Å². The van der Waals surface area contributed by atoms with Gasteiger partial charge in [-0.15, -0.1) is 0 Å². The zero-order chi connectivity index (χ0) is 13.2. The molecule has 0 aromatic heterocycles. The van der Waals surface area contributed by atoms with Gasteiger partial charge in [-0.25, -0.2) is 0 Å². The molecule has 19 heavy (non-hydrogen) atoms. The standard InChI is InChI=1S/C15H12N2O2/c16-8-14-12-4-2-1-3-10(12)5-6-13(14)15-7-11(9-18)19-17-15/h1-7,11,17-18H,9H2. The summed E-state index contributed by atoms with van der Waals surface area (Å²) in [6.45, 7) is -0.0913. The average Bonchev–Trinajstić information content (AvgIpc) is 2.94. The monoisotopic (exact) mass is 252 g/mol. The van der Waals surface area contributed by atoms with Crippen molar-refractivity contribution in [3.05, 3.63) is 53.6 Å². The van der Waals surface area contributed by atoms with Crippen molar-refractivity contribution in [3.63, 3.8) is 0 Å². The van der Waals surface area contributed by atoms with Crippen LogP contribution in [0.25, 0.3) is 16.5 Å². The first kappa shape index (κ1) is 11.7. The van der Waals surface area contributed by atoms with Crippen molar-refractivity contribution in [3.8, 4) is 6.07 Å². The van der Waals surface area contributed by atoms with E-state index in [2.05, 4.69) is 11.5 Å². The Kier molecular flexibility index (Phi) is 2.92. The summed E-state index contributed by atoms with van der Waals surface area (Å²) in [4.78, 5) is 5.18. The molecule has 2 aromatic rings. The second kappa shape index (κ2) is 4.73. The molecule has 2 N–H and O–H groups in total. The molecule has 0 fully saturated rings. The number of nitrogens with zero attached hydrogens (tertiary/aromatic N) is 1. The third kappa shape index (κ3) is 1.95. The largest absolute Gasteiger partial charge is 0.393 e. The van der Waals surface area contributed by atoms with E-state index in [1.54, 1.807) is 6.08 Å². The molecular weight excluding hydrogens is 240 g/mol. The van der Waals surface area contributed by atoms with Gasteiger partial charge in [0.1, 0.15) is 12.2 Å². The highest BCUT2D eigenvalue weighted by Gasteiger charge is 2.19. The number of aliphatic hydroxyl groups is 1. The van der Waals surface area contributed by atoms with Crippen LogP contribution in [0.4, 0.5) is 0 Å². The Bertz CT molecular complexity index is 701. The highest BCUT2D eigenvalue weighted by molar-refractivity contribution is 5.92. The lowest BCUT2D eigenvalue weighted by Gasteiger charge is -2.08. The third-order valence-electron chi connectivity index (χ3n) is 3.18. The van der Waals surface area contributed by atoms with E-state index in [0.29, 0.717) is 5.56 Å². The van der Waals surface area contributed by atoms with E-state index in [1.165, 1.54) is 0 Å². The summed E-state index contributed by atoms with van der Waals surface area (Å²) in [7, 11) is 0. The Hall–Kier alpha value is -2.35. The fraction of sp³-hybridized carbons (Fsp3) is 0.133. The third-order valence-corrected chi connectivity index (χ3v) is 3.18. The molecule has 0 bridgehead atoms. The average molecular weight is 252 g/mol. The molecule has 0 aliphatic carbocycles. The smallest absolute Gasteiger partial charge is 0.129 e. The van der Waals surface area contributed by atoms with E-state index in [9.17, 15) is 5.26 Å². The number of nitriles is 1. The predicted molar refractivity (Wildman–Crippen MR) is 71.7 cm³/mol. The SMILES string of the molecule is N#Cc1c(C2=CC(CO)ON2)ccc2ccccc12. The summed E-state index contributed by atoms with van der Waals surface area (Å²) in [6, 6.07) is 13.9. The number of rotatable bonds is 2. The Labute approximate surface area is 110 Å². The number of benzene rings is 2. The van der Waals surface area contributed by atoms with Gasteiger partial charge in [-0.3, -0.25) is 10.3 Å². The molecule has 0 amide bonds. The van der Waals surface area contributed by atoms with E-state index in [1.807, 2.05) is 36.4 Å². The Morgan fingerprint density at radius 1 is 1.26 bits per heavy atom. The first-order valence-corrected chi connectivity index (χ1v) is 6.00. The lowest BCUT2D eigenvalue weighted by atomic mass is 9.97. The number of nitrogens with one attached hydrogen (secondary N) is 1. The predicted octanol–water partition coefficient (Wildman–Crippen LogP) is 1.95. The first-order chi connectivity index (χ1) is 9.33. The van der Waals surface area contributed by atoms with Crippen LogP contribution in [0.2, 0.25) is 0 Å². The summed E-state index contributed by atoms with van der Waals surface area (Å²) in [5.74, 6) is 0. The molecule has 1 aliphatic heterocycles. The summed E-state index contributed by atoms with van der Waals surface area (Å²) < 4.78 is 0. The fourth-order valence-electron chi connectivity index (χ4n) is 2.24. The van der Waals surface area contributed by atoms with Crippen molar-refractivity contribution in [2.24, 2.45) is 0 Å². The molecule has 1 heterocycles. The number of aliphatic hydroxyl groups excluding tert-OH is 1. The van der Waals surface area contributed by atoms with Crippen molar-refractivity contribution in [2.75, 3.05) is 6.61 Å². The minimum atomic E-state index is -0.368. The maximum atomic E-state index is 9.40. The topological polar surface area (TPSA) is 65.3 Å². The fourth-order valence-corrected chi connectivity index (χ4v) is 2.24. The zero-order valence-electron chi connectivity index (χ0n) is 10.1. The van der Waals surface area contributed by atoms with Crippen molar-refractivity contribution in [1.82, 2.24) is 5.48 Å². The molecule has 1 aliphatic rings. The van der Waals surface area contributed by atoms with Crippen LogP contribution in [0.5, 0.6) is 0 Å². The molecule has 0 radical (unpaired) electrons. The first-order valence-electron chi connectivity index (χ1n) is 6.00. The van der Waals surface area contributed by atoms with Gasteiger partial charge in [0.15, 0.2) is 0 Å². The Balaban J connectivity index is 2.18. The lowest BCUT2D eigenvalue weighted by molar-refractivity contribution is 0.0173. The van der Waals surface area contributed by atoms with Crippen LogP contribution in [0.15, 0.2) is 42.5 Å². The van der Waals surface area contributed by atoms with Gasteiger partial charge in [-0.05, 0) is 11.5 Å². The van der Waals surface area contributed by atoms with Crippen LogP contribution in [0, 0.1) is 11.3 Å². The molecule has 4 nitrogen and oxygen atoms in total. The molecule has 4 heteroatoms. The van der Waals surface area contributed by atoms with Crippen LogP contribution in [0.1, 0.15) is 11.1 Å². The van der Waals surface area contributed by atoms with Crippen LogP contribution >= 0.6 is 0 Å². The second-order valence-electron chi connectivity index (χ2n) is 4.34. The van der Waals surface area contributed by atoms with E-state index >= 15 is 0 Å². The zero-order valence-corrected chi connectivity index (χ0v) is 10.1. The summed E-state index contributed by atoms with van der Waals surface area (Å²) in [5, 5.41) is 20.4. The van der Waals surface area contributed by atoms with Crippen LogP contribution in [0.3, 0.4) is 0 Å². The normalized spacial score (nSPS) is 17.9. The molecule has 1 unspecified atom stereocenters. The van der Waals surface area contributed by atoms with Crippen molar-refractivity contribution >= 4 is 16.5 Å². The summed E-state index contributed by atoms with van der Waals surface area (Å²) in [6.07, 6.45) is 1.42. The van der Waals surface area contributed by atoms with Crippen molar-refractivity contribution in [1.29, 1.82) is 5.26 Å². The number of hydrogen-bond donors (Lipinski definition) is 2. The Morgan fingerprint density at radius 3 is 2.84 bits per heavy atom. The van der Waals surface area contributed by atoms with E-state index in [4.69, 9.17) is 9.94 Å².